The van der Waals surface area contributed by atoms with Crippen LogP contribution >= 0.6 is 22.6 Å². The molecule has 0 aliphatic heterocycles. The number of hydrogen-bond acceptors (Lipinski definition) is 3. The van der Waals surface area contributed by atoms with Gasteiger partial charge in [0.25, 0.3) is 10.1 Å². The molecule has 70 valence electrons. The van der Waals surface area contributed by atoms with Gasteiger partial charge in [-0.1, -0.05) is 12.8 Å². The van der Waals surface area contributed by atoms with E-state index in [2.05, 4.69) is 14.0 Å². The summed E-state index contributed by atoms with van der Waals surface area (Å²) in [6.07, 6.45) is 0.556. The first kappa shape index (κ1) is 12.2. The minimum Gasteiger partial charge on any atom is -0.257 e. The van der Waals surface area contributed by atoms with Gasteiger partial charge >= 0.3 is 0 Å². The first-order chi connectivity index (χ1) is 5.54. The van der Waals surface area contributed by atoms with Crippen molar-refractivity contribution in [3.8, 4) is 9.85 Å². The Morgan fingerprint density at radius 3 is 2.58 bits per heavy atom. The Labute approximate surface area is 87.1 Å². The van der Waals surface area contributed by atoms with Gasteiger partial charge in [-0.2, -0.15) is 8.42 Å². The molecule has 0 aromatic rings. The van der Waals surface area contributed by atoms with Crippen LogP contribution in [0.25, 0.3) is 0 Å². The van der Waals surface area contributed by atoms with Crippen molar-refractivity contribution in [2.24, 2.45) is 0 Å². The summed E-state index contributed by atoms with van der Waals surface area (Å²) in [6, 6.07) is 0. The highest BCUT2D eigenvalue weighted by atomic mass is 127. The van der Waals surface area contributed by atoms with E-state index in [1.165, 1.54) is 0 Å². The molecule has 0 bridgehead atoms. The summed E-state index contributed by atoms with van der Waals surface area (Å²) in [6.45, 7) is 3.37. The van der Waals surface area contributed by atoms with E-state index in [1.807, 2.05) is 22.6 Å². The Balaban J connectivity index is 4.11. The fourth-order valence-corrected chi connectivity index (χ4v) is 1.48. The fourth-order valence-electron chi connectivity index (χ4n) is 0.459. The molecule has 0 radical (unpaired) electrons. The van der Waals surface area contributed by atoms with E-state index in [-0.39, 0.29) is 6.61 Å². The summed E-state index contributed by atoms with van der Waals surface area (Å²) >= 11 is 1.83. The van der Waals surface area contributed by atoms with Crippen LogP contribution in [0.4, 0.5) is 0 Å². The summed E-state index contributed by atoms with van der Waals surface area (Å²) < 4.78 is 29.4. The van der Waals surface area contributed by atoms with E-state index < -0.39 is 15.4 Å². The quantitative estimate of drug-likeness (QED) is 0.449. The Hall–Kier alpha value is 0.200. The van der Waals surface area contributed by atoms with Crippen LogP contribution in [0, 0.1) is 9.85 Å². The van der Waals surface area contributed by atoms with Crippen LogP contribution < -0.4 is 0 Å². The minimum absolute atomic E-state index is 0.0460. The third kappa shape index (κ3) is 4.28. The maximum absolute atomic E-state index is 11.1. The van der Waals surface area contributed by atoms with Crippen LogP contribution in [-0.4, -0.2) is 20.3 Å². The average molecular weight is 302 g/mol. The topological polar surface area (TPSA) is 43.4 Å². The molecule has 0 fully saturated rings. The SMILES string of the molecule is CCC(C)S(=O)(=O)OCC#CI. The summed E-state index contributed by atoms with van der Waals surface area (Å²) in [5.74, 6) is 2.52. The van der Waals surface area contributed by atoms with E-state index in [9.17, 15) is 8.42 Å². The molecule has 5 heteroatoms. The third-order valence-electron chi connectivity index (χ3n) is 1.43. The van der Waals surface area contributed by atoms with Crippen molar-refractivity contribution in [1.29, 1.82) is 0 Å². The van der Waals surface area contributed by atoms with Crippen molar-refractivity contribution in [1.82, 2.24) is 0 Å². The monoisotopic (exact) mass is 302 g/mol. The van der Waals surface area contributed by atoms with Crippen LogP contribution in [0.3, 0.4) is 0 Å². The van der Waals surface area contributed by atoms with Crippen molar-refractivity contribution < 1.29 is 12.6 Å². The Morgan fingerprint density at radius 1 is 1.58 bits per heavy atom. The van der Waals surface area contributed by atoms with Gasteiger partial charge in [0.2, 0.25) is 0 Å². The van der Waals surface area contributed by atoms with Gasteiger partial charge in [-0.3, -0.25) is 4.18 Å². The molecule has 3 nitrogen and oxygen atoms in total. The summed E-state index contributed by atoms with van der Waals surface area (Å²) in [4.78, 5) is 0. The van der Waals surface area contributed by atoms with Gasteiger partial charge in [0.1, 0.15) is 6.61 Å². The van der Waals surface area contributed by atoms with E-state index in [0.717, 1.165) is 0 Å². The molecule has 0 aromatic heterocycles. The van der Waals surface area contributed by atoms with Crippen LogP contribution in [0.1, 0.15) is 20.3 Å². The molecular formula is C7H11IO3S. The second kappa shape index (κ2) is 5.78. The van der Waals surface area contributed by atoms with E-state index >= 15 is 0 Å². The zero-order valence-electron chi connectivity index (χ0n) is 7.00. The zero-order valence-corrected chi connectivity index (χ0v) is 9.98. The predicted octanol–water partition coefficient (Wildman–Crippen LogP) is 1.53. The van der Waals surface area contributed by atoms with E-state index in [1.54, 1.807) is 13.8 Å². The van der Waals surface area contributed by atoms with Gasteiger partial charge in [-0.15, -0.1) is 0 Å². The maximum atomic E-state index is 11.1. The molecule has 0 aromatic carbocycles. The third-order valence-corrected chi connectivity index (χ3v) is 3.58. The maximum Gasteiger partial charge on any atom is 0.270 e. The average Bonchev–Trinajstić information content (AvgIpc) is 2.03. The molecular weight excluding hydrogens is 291 g/mol. The number of rotatable bonds is 4. The van der Waals surface area contributed by atoms with Crippen LogP contribution in [0.2, 0.25) is 0 Å². The fraction of sp³-hybridized carbons (Fsp3) is 0.714. The van der Waals surface area contributed by atoms with E-state index in [0.29, 0.717) is 6.42 Å². The number of halogens is 1. The van der Waals surface area contributed by atoms with E-state index in [4.69, 9.17) is 0 Å². The van der Waals surface area contributed by atoms with Crippen molar-refractivity contribution >= 4 is 32.7 Å². The van der Waals surface area contributed by atoms with Gasteiger partial charge in [0.15, 0.2) is 0 Å². The van der Waals surface area contributed by atoms with Gasteiger partial charge in [0.05, 0.1) is 5.25 Å². The lowest BCUT2D eigenvalue weighted by molar-refractivity contribution is 0.355. The molecule has 0 aliphatic rings. The molecule has 0 N–H and O–H groups in total. The molecule has 0 amide bonds. The molecule has 0 saturated carbocycles. The summed E-state index contributed by atoms with van der Waals surface area (Å²) in [5.41, 5.74) is 0. The minimum atomic E-state index is -3.39. The summed E-state index contributed by atoms with van der Waals surface area (Å²) in [7, 11) is -3.39. The van der Waals surface area contributed by atoms with Crippen LogP contribution in [0.5, 0.6) is 0 Å². The Morgan fingerprint density at radius 2 is 2.17 bits per heavy atom. The number of hydrogen-bond donors (Lipinski definition) is 0. The normalized spacial score (nSPS) is 13.2. The van der Waals surface area contributed by atoms with Crippen LogP contribution in [0.15, 0.2) is 0 Å². The zero-order chi connectivity index (χ0) is 9.61. The summed E-state index contributed by atoms with van der Waals surface area (Å²) in [5, 5.41) is -0.450. The van der Waals surface area contributed by atoms with Gasteiger partial charge < -0.3 is 0 Å². The largest absolute Gasteiger partial charge is 0.270 e. The second-order valence-electron chi connectivity index (χ2n) is 2.25. The predicted molar refractivity (Wildman–Crippen MR) is 56.4 cm³/mol. The second-order valence-corrected chi connectivity index (χ2v) is 4.81. The van der Waals surface area contributed by atoms with Gasteiger partial charge in [-0.25, -0.2) is 0 Å². The molecule has 1 unspecified atom stereocenters. The molecule has 0 heterocycles. The lowest BCUT2D eigenvalue weighted by Gasteiger charge is -2.07. The van der Waals surface area contributed by atoms with Gasteiger partial charge in [-0.05, 0) is 17.3 Å². The Bertz CT molecular complexity index is 273. The highest BCUT2D eigenvalue weighted by molar-refractivity contribution is 14.1. The highest BCUT2D eigenvalue weighted by Crippen LogP contribution is 2.06. The molecule has 0 saturated heterocycles. The molecule has 12 heavy (non-hydrogen) atoms. The first-order valence-corrected chi connectivity index (χ1v) is 6.06. The Kier molecular flexibility index (Phi) is 5.88. The molecule has 0 aliphatic carbocycles. The standard InChI is InChI=1S/C7H11IO3S/c1-3-7(2)12(9,10)11-6-4-5-8/h7H,3,6H2,1-2H3. The van der Waals surface area contributed by atoms with Crippen molar-refractivity contribution in [2.75, 3.05) is 6.61 Å². The lowest BCUT2D eigenvalue weighted by Crippen LogP contribution is -2.19. The van der Waals surface area contributed by atoms with Gasteiger partial charge in [0, 0.05) is 22.6 Å². The first-order valence-electron chi connectivity index (χ1n) is 3.51. The van der Waals surface area contributed by atoms with Crippen molar-refractivity contribution in [3.05, 3.63) is 0 Å². The molecule has 0 rings (SSSR count). The van der Waals surface area contributed by atoms with Crippen molar-refractivity contribution in [3.63, 3.8) is 0 Å². The molecule has 0 spiro atoms. The molecule has 1 atom stereocenters. The van der Waals surface area contributed by atoms with Crippen LogP contribution in [-0.2, 0) is 14.3 Å². The lowest BCUT2D eigenvalue weighted by atomic mass is 10.4. The van der Waals surface area contributed by atoms with Crippen molar-refractivity contribution in [2.45, 2.75) is 25.5 Å². The smallest absolute Gasteiger partial charge is 0.257 e. The highest BCUT2D eigenvalue weighted by Gasteiger charge is 2.18.